The van der Waals surface area contributed by atoms with E-state index in [1.54, 1.807) is 4.90 Å². The van der Waals surface area contributed by atoms with E-state index >= 15 is 0 Å². The Kier molecular flexibility index (Phi) is 5.43. The van der Waals surface area contributed by atoms with Crippen LogP contribution >= 0.6 is 11.3 Å². The lowest BCUT2D eigenvalue weighted by atomic mass is 10.3. The highest BCUT2D eigenvalue weighted by molar-refractivity contribution is 7.13. The van der Waals surface area contributed by atoms with Gasteiger partial charge in [0.05, 0.1) is 12.1 Å². The largest absolute Gasteiger partial charge is 0.343 e. The molecule has 0 saturated heterocycles. The molecular formula is C15H21N5OS. The predicted molar refractivity (Wildman–Crippen MR) is 88.5 cm³/mol. The Hall–Kier alpha value is -2.02. The van der Waals surface area contributed by atoms with Crippen molar-refractivity contribution in [3.63, 3.8) is 0 Å². The van der Waals surface area contributed by atoms with Crippen LogP contribution in [0.1, 0.15) is 30.9 Å². The van der Waals surface area contributed by atoms with Crippen LogP contribution in [-0.4, -0.2) is 38.8 Å². The molecule has 2 aromatic heterocycles. The van der Waals surface area contributed by atoms with Crippen LogP contribution in [0.15, 0.2) is 11.4 Å². The van der Waals surface area contributed by atoms with Gasteiger partial charge in [-0.05, 0) is 33.8 Å². The van der Waals surface area contributed by atoms with Gasteiger partial charge >= 0.3 is 0 Å². The first-order valence-electron chi connectivity index (χ1n) is 7.33. The average Bonchev–Trinajstić information content (AvgIpc) is 2.86. The summed E-state index contributed by atoms with van der Waals surface area (Å²) in [7, 11) is 0. The van der Waals surface area contributed by atoms with E-state index in [0.29, 0.717) is 17.5 Å². The quantitative estimate of drug-likeness (QED) is 0.886. The summed E-state index contributed by atoms with van der Waals surface area (Å²) in [5, 5.41) is 5.69. The minimum Gasteiger partial charge on any atom is -0.343 e. The van der Waals surface area contributed by atoms with E-state index in [-0.39, 0.29) is 5.91 Å². The van der Waals surface area contributed by atoms with Crippen molar-refractivity contribution in [3.05, 3.63) is 28.5 Å². The zero-order valence-corrected chi connectivity index (χ0v) is 14.2. The van der Waals surface area contributed by atoms with Crippen molar-refractivity contribution in [1.29, 1.82) is 0 Å². The van der Waals surface area contributed by atoms with Crippen LogP contribution in [0.25, 0.3) is 0 Å². The monoisotopic (exact) mass is 319 g/mol. The van der Waals surface area contributed by atoms with Crippen molar-refractivity contribution < 1.29 is 4.79 Å². The van der Waals surface area contributed by atoms with Crippen molar-refractivity contribution in [2.45, 2.75) is 34.1 Å². The van der Waals surface area contributed by atoms with Crippen LogP contribution in [0.2, 0.25) is 0 Å². The maximum absolute atomic E-state index is 12.1. The summed E-state index contributed by atoms with van der Waals surface area (Å²) in [6, 6.07) is 1.92. The Morgan fingerprint density at radius 3 is 2.41 bits per heavy atom. The fourth-order valence-corrected chi connectivity index (χ4v) is 2.87. The first kappa shape index (κ1) is 16.4. The van der Waals surface area contributed by atoms with E-state index in [0.717, 1.165) is 30.2 Å². The van der Waals surface area contributed by atoms with E-state index in [9.17, 15) is 4.79 Å². The number of likely N-dealkylation sites (N-methyl/N-ethyl adjacent to an activating group) is 1. The molecule has 2 aromatic rings. The summed E-state index contributed by atoms with van der Waals surface area (Å²) in [6.45, 7) is 9.26. The number of thiazole rings is 1. The van der Waals surface area contributed by atoms with E-state index in [2.05, 4.69) is 20.3 Å². The minimum absolute atomic E-state index is 0.101. The third-order valence-corrected chi connectivity index (χ3v) is 4.01. The number of hydrogen-bond donors (Lipinski definition) is 1. The summed E-state index contributed by atoms with van der Waals surface area (Å²) >= 11 is 1.45. The third-order valence-electron chi connectivity index (χ3n) is 3.20. The number of aromatic nitrogens is 3. The van der Waals surface area contributed by atoms with Crippen LogP contribution in [0.3, 0.4) is 0 Å². The second kappa shape index (κ2) is 7.31. The van der Waals surface area contributed by atoms with E-state index in [4.69, 9.17) is 0 Å². The van der Waals surface area contributed by atoms with E-state index in [1.807, 2.05) is 39.1 Å². The molecule has 2 heterocycles. The number of carbonyl (C=O) groups is 1. The van der Waals surface area contributed by atoms with Crippen LogP contribution in [0.5, 0.6) is 0 Å². The summed E-state index contributed by atoms with van der Waals surface area (Å²) < 4.78 is 0. The van der Waals surface area contributed by atoms with Gasteiger partial charge in [0.2, 0.25) is 11.9 Å². The maximum Gasteiger partial charge on any atom is 0.229 e. The summed E-state index contributed by atoms with van der Waals surface area (Å²) in [5.41, 5.74) is 2.58. The smallest absolute Gasteiger partial charge is 0.229 e. The van der Waals surface area contributed by atoms with Crippen molar-refractivity contribution >= 4 is 28.3 Å². The number of aryl methyl sites for hydroxylation is 2. The molecule has 7 heteroatoms. The SMILES string of the molecule is CCN(CC)C(=O)Cc1csc(Nc2nc(C)cc(C)n2)n1. The third kappa shape index (κ3) is 4.24. The van der Waals surface area contributed by atoms with E-state index in [1.165, 1.54) is 11.3 Å². The molecule has 0 atom stereocenters. The lowest BCUT2D eigenvalue weighted by molar-refractivity contribution is -0.130. The molecule has 0 radical (unpaired) electrons. The second-order valence-corrected chi connectivity index (χ2v) is 5.84. The fraction of sp³-hybridized carbons (Fsp3) is 0.467. The van der Waals surface area contributed by atoms with E-state index < -0.39 is 0 Å². The molecule has 0 bridgehead atoms. The molecule has 1 N–H and O–H groups in total. The van der Waals surface area contributed by atoms with Crippen LogP contribution in [-0.2, 0) is 11.2 Å². The standard InChI is InChI=1S/C15H21N5OS/c1-5-20(6-2)13(21)8-12-9-22-15(18-12)19-14-16-10(3)7-11(4)17-14/h7,9H,5-6,8H2,1-4H3,(H,16,17,18,19). The van der Waals surface area contributed by atoms with Gasteiger partial charge in [-0.2, -0.15) is 0 Å². The number of carbonyl (C=O) groups excluding carboxylic acids is 1. The van der Waals surface area contributed by atoms with Gasteiger partial charge in [-0.3, -0.25) is 4.79 Å². The normalized spacial score (nSPS) is 10.5. The Morgan fingerprint density at radius 2 is 1.82 bits per heavy atom. The number of amides is 1. The molecule has 1 amide bonds. The molecule has 0 fully saturated rings. The molecule has 2 rings (SSSR count). The fourth-order valence-electron chi connectivity index (χ4n) is 2.17. The van der Waals surface area contributed by atoms with Crippen molar-refractivity contribution in [2.24, 2.45) is 0 Å². The molecule has 0 saturated carbocycles. The molecule has 0 aliphatic heterocycles. The van der Waals surface area contributed by atoms with Crippen molar-refractivity contribution in [2.75, 3.05) is 18.4 Å². The molecule has 0 aliphatic carbocycles. The van der Waals surface area contributed by atoms with Gasteiger partial charge in [-0.1, -0.05) is 0 Å². The van der Waals surface area contributed by atoms with Gasteiger partial charge < -0.3 is 10.2 Å². The number of nitrogens with one attached hydrogen (secondary N) is 1. The van der Waals surface area contributed by atoms with Crippen LogP contribution < -0.4 is 5.32 Å². The highest BCUT2D eigenvalue weighted by Gasteiger charge is 2.13. The first-order chi connectivity index (χ1) is 10.5. The van der Waals surface area contributed by atoms with Gasteiger partial charge in [0.25, 0.3) is 0 Å². The highest BCUT2D eigenvalue weighted by Crippen LogP contribution is 2.19. The summed E-state index contributed by atoms with van der Waals surface area (Å²) in [5.74, 6) is 0.637. The topological polar surface area (TPSA) is 71.0 Å². The Balaban J connectivity index is 2.03. The second-order valence-electron chi connectivity index (χ2n) is 4.99. The Morgan fingerprint density at radius 1 is 1.18 bits per heavy atom. The minimum atomic E-state index is 0.101. The number of anilines is 2. The summed E-state index contributed by atoms with van der Waals surface area (Å²) in [6.07, 6.45) is 0.327. The Labute approximate surface area is 134 Å². The maximum atomic E-state index is 12.1. The Bertz CT molecular complexity index is 631. The zero-order valence-electron chi connectivity index (χ0n) is 13.4. The van der Waals surface area contributed by atoms with Crippen LogP contribution in [0, 0.1) is 13.8 Å². The van der Waals surface area contributed by atoms with Crippen molar-refractivity contribution in [3.8, 4) is 0 Å². The predicted octanol–water partition coefficient (Wildman–Crippen LogP) is 2.70. The molecule has 6 nitrogen and oxygen atoms in total. The van der Waals surface area contributed by atoms with Gasteiger partial charge in [0, 0.05) is 29.9 Å². The van der Waals surface area contributed by atoms with Crippen molar-refractivity contribution in [1.82, 2.24) is 19.9 Å². The highest BCUT2D eigenvalue weighted by atomic mass is 32.1. The molecule has 0 aromatic carbocycles. The lowest BCUT2D eigenvalue weighted by Gasteiger charge is -2.17. The number of nitrogens with zero attached hydrogens (tertiary/aromatic N) is 4. The average molecular weight is 319 g/mol. The first-order valence-corrected chi connectivity index (χ1v) is 8.21. The molecule has 0 unspecified atom stereocenters. The zero-order chi connectivity index (χ0) is 16.1. The lowest BCUT2D eigenvalue weighted by Crippen LogP contribution is -2.31. The van der Waals surface area contributed by atoms with Gasteiger partial charge in [-0.15, -0.1) is 11.3 Å². The number of rotatable bonds is 6. The molecule has 118 valence electrons. The van der Waals surface area contributed by atoms with Crippen LogP contribution in [0.4, 0.5) is 11.1 Å². The molecule has 0 spiro atoms. The van der Waals surface area contributed by atoms with Gasteiger partial charge in [0.1, 0.15) is 0 Å². The molecular weight excluding hydrogens is 298 g/mol. The van der Waals surface area contributed by atoms with Gasteiger partial charge in [0.15, 0.2) is 5.13 Å². The summed E-state index contributed by atoms with van der Waals surface area (Å²) in [4.78, 5) is 27.0. The molecule has 22 heavy (non-hydrogen) atoms. The van der Waals surface area contributed by atoms with Gasteiger partial charge in [-0.25, -0.2) is 15.0 Å². The molecule has 0 aliphatic rings. The number of hydrogen-bond acceptors (Lipinski definition) is 6.